The van der Waals surface area contributed by atoms with Gasteiger partial charge >= 0.3 is 0 Å². The summed E-state index contributed by atoms with van der Waals surface area (Å²) in [6.07, 6.45) is 7.69. The zero-order valence-electron chi connectivity index (χ0n) is 14.6. The number of nitrogens with two attached hydrogens (primary N) is 1. The third kappa shape index (κ3) is 4.05. The number of fused-ring (bicyclic) bond motifs is 1. The number of amides is 1. The number of anilines is 1. The third-order valence-electron chi connectivity index (χ3n) is 5.40. The normalized spacial score (nSPS) is 24.1. The van der Waals surface area contributed by atoms with Crippen molar-refractivity contribution in [1.29, 1.82) is 0 Å². The van der Waals surface area contributed by atoms with Crippen LogP contribution >= 0.6 is 24.8 Å². The molecule has 1 aromatic heterocycles. The minimum atomic E-state index is 0. The fraction of sp³-hybridized carbons (Fsp3) is 0.474. The van der Waals surface area contributed by atoms with E-state index in [1.54, 1.807) is 6.20 Å². The number of nitrogens with zero attached hydrogens (tertiary/aromatic N) is 2. The minimum Gasteiger partial charge on any atom is -0.328 e. The van der Waals surface area contributed by atoms with Gasteiger partial charge in [-0.2, -0.15) is 5.10 Å². The van der Waals surface area contributed by atoms with E-state index in [1.165, 1.54) is 11.1 Å². The van der Waals surface area contributed by atoms with Gasteiger partial charge in [0, 0.05) is 18.0 Å². The smallest absolute Gasteiger partial charge is 0.228 e. The lowest BCUT2D eigenvalue weighted by Crippen LogP contribution is -2.26. The molecule has 142 valence electrons. The molecule has 1 saturated carbocycles. The monoisotopic (exact) mass is 396 g/mol. The molecule has 26 heavy (non-hydrogen) atoms. The molecule has 7 heteroatoms. The Morgan fingerprint density at radius 2 is 1.96 bits per heavy atom. The topological polar surface area (TPSA) is 72.9 Å². The van der Waals surface area contributed by atoms with Crippen molar-refractivity contribution in [2.24, 2.45) is 11.7 Å². The van der Waals surface area contributed by atoms with Crippen LogP contribution in [0.4, 0.5) is 5.82 Å². The van der Waals surface area contributed by atoms with E-state index in [0.29, 0.717) is 0 Å². The van der Waals surface area contributed by atoms with Crippen LogP contribution in [-0.2, 0) is 11.2 Å². The molecule has 0 spiro atoms. The van der Waals surface area contributed by atoms with Gasteiger partial charge in [-0.1, -0.05) is 24.3 Å². The molecule has 3 N–H and O–H groups in total. The van der Waals surface area contributed by atoms with Crippen LogP contribution in [0.1, 0.15) is 49.3 Å². The summed E-state index contributed by atoms with van der Waals surface area (Å²) in [6, 6.07) is 10.8. The summed E-state index contributed by atoms with van der Waals surface area (Å²) in [5.41, 5.74) is 8.66. The van der Waals surface area contributed by atoms with E-state index in [-0.39, 0.29) is 48.7 Å². The highest BCUT2D eigenvalue weighted by Gasteiger charge is 2.29. The summed E-state index contributed by atoms with van der Waals surface area (Å²) in [4.78, 5) is 12.5. The van der Waals surface area contributed by atoms with Crippen molar-refractivity contribution in [2.45, 2.75) is 50.6 Å². The minimum absolute atomic E-state index is 0. The van der Waals surface area contributed by atoms with E-state index in [9.17, 15) is 4.79 Å². The Morgan fingerprint density at radius 1 is 1.15 bits per heavy atom. The first-order valence-corrected chi connectivity index (χ1v) is 8.90. The number of halogens is 2. The predicted octanol–water partition coefficient (Wildman–Crippen LogP) is 3.72. The van der Waals surface area contributed by atoms with Crippen LogP contribution in [0, 0.1) is 5.92 Å². The molecule has 4 rings (SSSR count). The van der Waals surface area contributed by atoms with E-state index >= 15 is 0 Å². The van der Waals surface area contributed by atoms with Crippen molar-refractivity contribution < 1.29 is 4.79 Å². The van der Waals surface area contributed by atoms with Gasteiger partial charge in [0.25, 0.3) is 0 Å². The Balaban J connectivity index is 0.00000121. The van der Waals surface area contributed by atoms with Crippen molar-refractivity contribution in [2.75, 3.05) is 5.32 Å². The number of nitrogens with one attached hydrogen (secondary N) is 1. The summed E-state index contributed by atoms with van der Waals surface area (Å²) >= 11 is 0. The van der Waals surface area contributed by atoms with Crippen LogP contribution in [0.3, 0.4) is 0 Å². The number of hydrogen-bond donors (Lipinski definition) is 2. The van der Waals surface area contributed by atoms with Gasteiger partial charge in [-0.3, -0.25) is 4.79 Å². The van der Waals surface area contributed by atoms with Gasteiger partial charge < -0.3 is 11.1 Å². The summed E-state index contributed by atoms with van der Waals surface area (Å²) in [5.74, 6) is 0.901. The van der Waals surface area contributed by atoms with Gasteiger partial charge in [0.1, 0.15) is 5.82 Å². The Morgan fingerprint density at radius 3 is 2.73 bits per heavy atom. The van der Waals surface area contributed by atoms with Gasteiger partial charge in [0.05, 0.1) is 12.2 Å². The fourth-order valence-electron chi connectivity index (χ4n) is 4.13. The Bertz CT molecular complexity index is 749. The van der Waals surface area contributed by atoms with Crippen LogP contribution in [-0.4, -0.2) is 21.7 Å². The second kappa shape index (κ2) is 8.89. The molecule has 1 heterocycles. The molecule has 0 saturated heterocycles. The maximum Gasteiger partial charge on any atom is 0.228 e. The number of hydrogen-bond acceptors (Lipinski definition) is 3. The van der Waals surface area contributed by atoms with Gasteiger partial charge in [-0.15, -0.1) is 24.8 Å². The maximum atomic E-state index is 12.5. The highest BCUT2D eigenvalue weighted by molar-refractivity contribution is 5.92. The number of carbonyl (C=O) groups is 1. The predicted molar refractivity (Wildman–Crippen MR) is 108 cm³/mol. The first-order chi connectivity index (χ1) is 11.7. The standard InChI is InChI=1S/C19H24N4O.2ClH/c20-15-9-8-14(12-15)19(24)22-18-10-11-21-23(18)17-7-3-5-13-4-1-2-6-16(13)17;;/h1-2,4,6,10-11,14-15,17H,3,5,7-9,12,20H2,(H,22,24);2*1H. The summed E-state index contributed by atoms with van der Waals surface area (Å²) in [6.45, 7) is 0. The summed E-state index contributed by atoms with van der Waals surface area (Å²) in [5, 5.41) is 7.60. The molecule has 3 unspecified atom stereocenters. The fourth-order valence-corrected chi connectivity index (χ4v) is 4.13. The molecule has 0 radical (unpaired) electrons. The summed E-state index contributed by atoms with van der Waals surface area (Å²) in [7, 11) is 0. The Kier molecular flexibility index (Phi) is 7.09. The van der Waals surface area contributed by atoms with E-state index in [4.69, 9.17) is 5.73 Å². The van der Waals surface area contributed by atoms with Gasteiger partial charge in [0.15, 0.2) is 0 Å². The lowest BCUT2D eigenvalue weighted by Gasteiger charge is -2.27. The molecule has 1 fully saturated rings. The van der Waals surface area contributed by atoms with E-state index in [0.717, 1.165) is 44.3 Å². The molecule has 5 nitrogen and oxygen atoms in total. The first kappa shape index (κ1) is 20.7. The van der Waals surface area contributed by atoms with Crippen molar-refractivity contribution >= 4 is 36.5 Å². The number of aromatic nitrogens is 2. The molecule has 0 bridgehead atoms. The van der Waals surface area contributed by atoms with Crippen LogP contribution in [0.5, 0.6) is 0 Å². The van der Waals surface area contributed by atoms with Crippen molar-refractivity contribution in [1.82, 2.24) is 9.78 Å². The Hall–Kier alpha value is -1.56. The molecule has 2 aromatic rings. The molecule has 3 atom stereocenters. The highest BCUT2D eigenvalue weighted by Crippen LogP contribution is 2.34. The second-order valence-electron chi connectivity index (χ2n) is 7.03. The van der Waals surface area contributed by atoms with Crippen LogP contribution in [0.2, 0.25) is 0 Å². The molecule has 1 aromatic carbocycles. The average Bonchev–Trinajstić information content (AvgIpc) is 3.23. The third-order valence-corrected chi connectivity index (χ3v) is 5.40. The number of aryl methyl sites for hydroxylation is 1. The summed E-state index contributed by atoms with van der Waals surface area (Å²) < 4.78 is 1.98. The van der Waals surface area contributed by atoms with Crippen LogP contribution in [0.25, 0.3) is 0 Å². The second-order valence-corrected chi connectivity index (χ2v) is 7.03. The number of rotatable bonds is 3. The number of benzene rings is 1. The van der Waals surface area contributed by atoms with Crippen LogP contribution < -0.4 is 11.1 Å². The quantitative estimate of drug-likeness (QED) is 0.829. The molecule has 2 aliphatic rings. The zero-order valence-corrected chi connectivity index (χ0v) is 16.3. The van der Waals surface area contributed by atoms with E-state index in [2.05, 4.69) is 34.7 Å². The lowest BCUT2D eigenvalue weighted by molar-refractivity contribution is -0.119. The maximum absolute atomic E-state index is 12.5. The zero-order chi connectivity index (χ0) is 16.5. The molecular weight excluding hydrogens is 371 g/mol. The first-order valence-electron chi connectivity index (χ1n) is 8.90. The SMILES string of the molecule is Cl.Cl.NC1CCC(C(=O)Nc2ccnn2C2CCCc3ccccc32)C1. The molecule has 1 amide bonds. The lowest BCUT2D eigenvalue weighted by atomic mass is 9.88. The van der Waals surface area contributed by atoms with Gasteiger partial charge in [-0.05, 0) is 49.7 Å². The molecule has 0 aliphatic heterocycles. The molecular formula is C19H26Cl2N4O. The van der Waals surface area contributed by atoms with Gasteiger partial charge in [0.2, 0.25) is 5.91 Å². The van der Waals surface area contributed by atoms with Crippen LogP contribution in [0.15, 0.2) is 36.5 Å². The number of carbonyl (C=O) groups excluding carboxylic acids is 1. The average molecular weight is 397 g/mol. The highest BCUT2D eigenvalue weighted by atomic mass is 35.5. The van der Waals surface area contributed by atoms with E-state index < -0.39 is 0 Å². The van der Waals surface area contributed by atoms with Crippen molar-refractivity contribution in [3.63, 3.8) is 0 Å². The largest absolute Gasteiger partial charge is 0.328 e. The van der Waals surface area contributed by atoms with Gasteiger partial charge in [-0.25, -0.2) is 4.68 Å². The van der Waals surface area contributed by atoms with E-state index in [1.807, 2.05) is 10.7 Å². The van der Waals surface area contributed by atoms with Crippen molar-refractivity contribution in [3.8, 4) is 0 Å². The van der Waals surface area contributed by atoms with Crippen molar-refractivity contribution in [3.05, 3.63) is 47.7 Å². The molecule has 2 aliphatic carbocycles. The Labute approximate surface area is 166 Å².